The highest BCUT2D eigenvalue weighted by Crippen LogP contribution is 2.37. The molecule has 3 aromatic rings. The molecule has 180 valence electrons. The number of benzene rings is 2. The summed E-state index contributed by atoms with van der Waals surface area (Å²) in [5, 5.41) is 7.52. The first-order valence-electron chi connectivity index (χ1n) is 11.6. The minimum Gasteiger partial charge on any atom is -0.444 e. The summed E-state index contributed by atoms with van der Waals surface area (Å²) in [6, 6.07) is 13.3. The molecule has 8 nitrogen and oxygen atoms in total. The average Bonchev–Trinajstić information content (AvgIpc) is 3.42. The van der Waals surface area contributed by atoms with Crippen LogP contribution in [0.5, 0.6) is 0 Å². The minimum absolute atomic E-state index is 0.0134. The predicted molar refractivity (Wildman–Crippen MR) is 139 cm³/mol. The number of hydrogen-bond acceptors (Lipinski definition) is 6. The first kappa shape index (κ1) is 22.6. The summed E-state index contributed by atoms with van der Waals surface area (Å²) in [6.07, 6.45) is 1.01. The second-order valence-corrected chi connectivity index (χ2v) is 10.8. The van der Waals surface area contributed by atoms with Crippen LogP contribution in [0.2, 0.25) is 0 Å². The van der Waals surface area contributed by atoms with Gasteiger partial charge in [0.2, 0.25) is 5.91 Å². The summed E-state index contributed by atoms with van der Waals surface area (Å²) < 4.78 is 8.45. The van der Waals surface area contributed by atoms with E-state index in [0.29, 0.717) is 18.8 Å². The first-order chi connectivity index (χ1) is 17.0. The molecule has 0 aliphatic carbocycles. The maximum atomic E-state index is 12.5. The molecule has 1 unspecified atom stereocenters. The van der Waals surface area contributed by atoms with Crippen LogP contribution in [0, 0.1) is 0 Å². The summed E-state index contributed by atoms with van der Waals surface area (Å²) in [5.41, 5.74) is 3.59. The zero-order valence-electron chi connectivity index (χ0n) is 18.8. The Kier molecular flexibility index (Phi) is 5.82. The van der Waals surface area contributed by atoms with Gasteiger partial charge in [-0.15, -0.1) is 11.8 Å². The number of carbonyl (C=O) groups excluding carboxylic acids is 2. The third-order valence-corrected chi connectivity index (χ3v) is 8.49. The van der Waals surface area contributed by atoms with Gasteiger partial charge in [0.15, 0.2) is 0 Å². The van der Waals surface area contributed by atoms with Crippen molar-refractivity contribution in [3.8, 4) is 0 Å². The molecule has 2 amide bonds. The van der Waals surface area contributed by atoms with E-state index in [0.717, 1.165) is 56.6 Å². The van der Waals surface area contributed by atoms with Crippen molar-refractivity contribution < 1.29 is 14.3 Å². The lowest BCUT2D eigenvalue weighted by atomic mass is 10.1. The lowest BCUT2D eigenvalue weighted by molar-refractivity contribution is -0.113. The Labute approximate surface area is 214 Å². The Bertz CT molecular complexity index is 1420. The number of rotatable bonds is 6. The summed E-state index contributed by atoms with van der Waals surface area (Å²) in [5.74, 6) is 0.372. The van der Waals surface area contributed by atoms with E-state index in [4.69, 9.17) is 4.74 Å². The molecule has 35 heavy (non-hydrogen) atoms. The van der Waals surface area contributed by atoms with Gasteiger partial charge in [0, 0.05) is 33.2 Å². The van der Waals surface area contributed by atoms with Gasteiger partial charge in [0.1, 0.15) is 6.10 Å². The predicted octanol–water partition coefficient (Wildman–Crippen LogP) is 4.26. The fraction of sp³-hybridized carbons (Fsp3) is 0.320. The van der Waals surface area contributed by atoms with Crippen LogP contribution in [-0.2, 0) is 16.1 Å². The Morgan fingerprint density at radius 3 is 2.86 bits per heavy atom. The van der Waals surface area contributed by atoms with Crippen molar-refractivity contribution >= 4 is 62.0 Å². The zero-order chi connectivity index (χ0) is 24.1. The number of anilines is 2. The summed E-state index contributed by atoms with van der Waals surface area (Å²) in [4.78, 5) is 39.2. The van der Waals surface area contributed by atoms with Crippen LogP contribution in [0.25, 0.3) is 10.9 Å². The largest absolute Gasteiger partial charge is 0.444 e. The second-order valence-electron chi connectivity index (χ2n) is 8.96. The van der Waals surface area contributed by atoms with Crippen LogP contribution in [0.15, 0.2) is 56.6 Å². The molecule has 1 saturated heterocycles. The third kappa shape index (κ3) is 4.13. The molecule has 6 rings (SSSR count). The monoisotopic (exact) mass is 554 g/mol. The minimum atomic E-state index is -0.362. The van der Waals surface area contributed by atoms with Crippen molar-refractivity contribution in [1.29, 1.82) is 0 Å². The van der Waals surface area contributed by atoms with E-state index in [1.54, 1.807) is 11.0 Å². The number of aromatic nitrogens is 1. The molecule has 0 bridgehead atoms. The fourth-order valence-corrected chi connectivity index (χ4v) is 6.46. The normalized spacial score (nSPS) is 20.8. The molecule has 2 aromatic carbocycles. The van der Waals surface area contributed by atoms with Crippen molar-refractivity contribution in [2.75, 3.05) is 29.1 Å². The number of nitrogens with zero attached hydrogens (tertiary/aromatic N) is 2. The van der Waals surface area contributed by atoms with Crippen LogP contribution >= 0.6 is 27.7 Å². The molecule has 1 aromatic heterocycles. The lowest BCUT2D eigenvalue weighted by Crippen LogP contribution is -2.27. The number of amides is 2. The zero-order valence-corrected chi connectivity index (χ0v) is 21.2. The molecule has 4 heterocycles. The topological polar surface area (TPSA) is 92.7 Å². The van der Waals surface area contributed by atoms with E-state index in [2.05, 4.69) is 26.6 Å². The Balaban J connectivity index is 1.06. The van der Waals surface area contributed by atoms with E-state index in [9.17, 15) is 14.4 Å². The molecule has 0 spiro atoms. The highest BCUT2D eigenvalue weighted by molar-refractivity contribution is 9.10. The molecule has 1 fully saturated rings. The SMILES string of the molecule is O=C1CSc2ccc(N3C[C@@H](CCCNC4Cn5c(=O)ccc6ccc(Br)c4c65)OC3=O)cc2N1. The number of cyclic esters (lactones) is 1. The van der Waals surface area contributed by atoms with Crippen LogP contribution < -0.4 is 21.1 Å². The van der Waals surface area contributed by atoms with E-state index in [-0.39, 0.29) is 29.7 Å². The summed E-state index contributed by atoms with van der Waals surface area (Å²) in [7, 11) is 0. The number of hydrogen-bond donors (Lipinski definition) is 2. The van der Waals surface area contributed by atoms with Gasteiger partial charge < -0.3 is 19.9 Å². The molecular weight excluding hydrogens is 532 g/mol. The lowest BCUT2D eigenvalue weighted by Gasteiger charge is -2.20. The van der Waals surface area contributed by atoms with Crippen LogP contribution in [-0.4, -0.2) is 41.5 Å². The number of fused-ring (bicyclic) bond motifs is 1. The van der Waals surface area contributed by atoms with Crippen molar-refractivity contribution in [2.24, 2.45) is 0 Å². The van der Waals surface area contributed by atoms with Crippen molar-refractivity contribution in [3.63, 3.8) is 0 Å². The van der Waals surface area contributed by atoms with Crippen molar-refractivity contribution in [2.45, 2.75) is 36.4 Å². The molecule has 0 radical (unpaired) electrons. The van der Waals surface area contributed by atoms with Crippen LogP contribution in [0.4, 0.5) is 16.2 Å². The fourth-order valence-electron chi connectivity index (χ4n) is 5.08. The third-order valence-electron chi connectivity index (χ3n) is 6.73. The smallest absolute Gasteiger partial charge is 0.414 e. The molecule has 3 aliphatic rings. The van der Waals surface area contributed by atoms with E-state index < -0.39 is 0 Å². The van der Waals surface area contributed by atoms with Gasteiger partial charge in [0.05, 0.1) is 29.5 Å². The van der Waals surface area contributed by atoms with E-state index in [1.807, 2.05) is 41.0 Å². The van der Waals surface area contributed by atoms with Gasteiger partial charge in [-0.1, -0.05) is 22.0 Å². The number of carbonyl (C=O) groups is 2. The van der Waals surface area contributed by atoms with Crippen LogP contribution in [0.3, 0.4) is 0 Å². The van der Waals surface area contributed by atoms with Crippen molar-refractivity contribution in [3.05, 3.63) is 62.9 Å². The molecule has 0 saturated carbocycles. The summed E-state index contributed by atoms with van der Waals surface area (Å²) in [6.45, 7) is 1.83. The second kappa shape index (κ2) is 9.00. The number of nitrogens with one attached hydrogen (secondary N) is 2. The molecular formula is C25H23BrN4O4S. The number of halogens is 1. The standard InChI is InChI=1S/C25H23BrN4O4S/c26-17-6-3-14-4-8-22(32)30-12-19(23(17)24(14)30)27-9-1-2-16-11-29(25(33)34-16)15-5-7-20-18(10-15)28-21(31)13-35-20/h3-8,10,16,19,27H,1-2,9,11-13H2,(H,28,31)/t16-,19?/m1/s1. The van der Waals surface area contributed by atoms with Gasteiger partial charge in [-0.05, 0) is 55.1 Å². The highest BCUT2D eigenvalue weighted by Gasteiger charge is 2.33. The number of thioether (sulfide) groups is 1. The molecule has 2 N–H and O–H groups in total. The van der Waals surface area contributed by atoms with Gasteiger partial charge in [-0.2, -0.15) is 0 Å². The maximum Gasteiger partial charge on any atom is 0.414 e. The number of ether oxygens (including phenoxy) is 1. The van der Waals surface area contributed by atoms with Gasteiger partial charge in [0.25, 0.3) is 5.56 Å². The molecule has 2 atom stereocenters. The quantitative estimate of drug-likeness (QED) is 0.442. The van der Waals surface area contributed by atoms with Gasteiger partial charge in [-0.25, -0.2) is 4.79 Å². The van der Waals surface area contributed by atoms with Gasteiger partial charge in [-0.3, -0.25) is 14.5 Å². The number of pyridine rings is 1. The van der Waals surface area contributed by atoms with Crippen LogP contribution in [0.1, 0.15) is 24.4 Å². The average molecular weight is 555 g/mol. The summed E-state index contributed by atoms with van der Waals surface area (Å²) >= 11 is 5.15. The van der Waals surface area contributed by atoms with E-state index >= 15 is 0 Å². The molecule has 10 heteroatoms. The maximum absolute atomic E-state index is 12.5. The molecule has 3 aliphatic heterocycles. The van der Waals surface area contributed by atoms with Gasteiger partial charge >= 0.3 is 6.09 Å². The Hall–Kier alpha value is -2.82. The van der Waals surface area contributed by atoms with E-state index in [1.165, 1.54) is 11.8 Å². The highest BCUT2D eigenvalue weighted by atomic mass is 79.9. The first-order valence-corrected chi connectivity index (χ1v) is 13.4. The Morgan fingerprint density at radius 1 is 1.11 bits per heavy atom. The van der Waals surface area contributed by atoms with Crippen molar-refractivity contribution in [1.82, 2.24) is 9.88 Å². The Morgan fingerprint density at radius 2 is 1.97 bits per heavy atom.